The number of hydrogen-bond acceptors (Lipinski definition) is 5. The third-order valence-corrected chi connectivity index (χ3v) is 4.45. The fraction of sp³-hybridized carbons (Fsp3) is 0.267. The predicted molar refractivity (Wildman–Crippen MR) is 82.9 cm³/mol. The van der Waals surface area contributed by atoms with Gasteiger partial charge in [0.15, 0.2) is 5.03 Å². The molecule has 1 aromatic carbocycles. The monoisotopic (exact) mass is 301 g/mol. The van der Waals surface area contributed by atoms with Gasteiger partial charge in [-0.1, -0.05) is 17.8 Å². The SMILES string of the molecule is O=[N+]([O-])c1cccnc1Sc1cccc(N2CCCC2)c1. The van der Waals surface area contributed by atoms with Crippen molar-refractivity contribution in [2.24, 2.45) is 0 Å². The van der Waals surface area contributed by atoms with Crippen LogP contribution in [0.15, 0.2) is 52.5 Å². The highest BCUT2D eigenvalue weighted by molar-refractivity contribution is 7.99. The van der Waals surface area contributed by atoms with Crippen LogP contribution in [-0.2, 0) is 0 Å². The molecule has 0 unspecified atom stereocenters. The number of aromatic nitrogens is 1. The molecular weight excluding hydrogens is 286 g/mol. The van der Waals surface area contributed by atoms with Crippen LogP contribution >= 0.6 is 11.8 Å². The van der Waals surface area contributed by atoms with E-state index in [-0.39, 0.29) is 10.6 Å². The molecule has 0 N–H and O–H groups in total. The minimum atomic E-state index is -0.389. The van der Waals surface area contributed by atoms with Crippen molar-refractivity contribution in [2.45, 2.75) is 22.8 Å². The summed E-state index contributed by atoms with van der Waals surface area (Å²) in [7, 11) is 0. The summed E-state index contributed by atoms with van der Waals surface area (Å²) < 4.78 is 0. The zero-order valence-electron chi connectivity index (χ0n) is 11.4. The minimum Gasteiger partial charge on any atom is -0.372 e. The van der Waals surface area contributed by atoms with E-state index in [1.54, 1.807) is 12.3 Å². The third-order valence-electron chi connectivity index (χ3n) is 3.45. The van der Waals surface area contributed by atoms with E-state index >= 15 is 0 Å². The highest BCUT2D eigenvalue weighted by atomic mass is 32.2. The van der Waals surface area contributed by atoms with Crippen molar-refractivity contribution in [3.05, 3.63) is 52.7 Å². The molecule has 1 saturated heterocycles. The Morgan fingerprint density at radius 1 is 1.19 bits per heavy atom. The molecule has 1 aliphatic rings. The standard InChI is InChI=1S/C15H15N3O2S/c19-18(20)14-7-4-8-16-15(14)21-13-6-3-5-12(11-13)17-9-1-2-10-17/h3-8,11H,1-2,9-10H2. The lowest BCUT2D eigenvalue weighted by Crippen LogP contribution is -2.17. The van der Waals surface area contributed by atoms with E-state index in [1.807, 2.05) is 12.1 Å². The van der Waals surface area contributed by atoms with Crippen LogP contribution in [0.2, 0.25) is 0 Å². The number of hydrogen-bond donors (Lipinski definition) is 0. The molecule has 2 heterocycles. The van der Waals surface area contributed by atoms with Gasteiger partial charge in [0.1, 0.15) is 0 Å². The molecule has 0 saturated carbocycles. The maximum absolute atomic E-state index is 11.0. The molecule has 0 amide bonds. The Balaban J connectivity index is 1.85. The summed E-state index contributed by atoms with van der Waals surface area (Å²) in [4.78, 5) is 18.1. The molecule has 0 spiro atoms. The Morgan fingerprint density at radius 2 is 2.00 bits per heavy atom. The summed E-state index contributed by atoms with van der Waals surface area (Å²) in [6.07, 6.45) is 4.03. The topological polar surface area (TPSA) is 59.3 Å². The van der Waals surface area contributed by atoms with Gasteiger partial charge in [-0.05, 0) is 37.1 Å². The Kier molecular flexibility index (Phi) is 4.06. The number of anilines is 1. The molecule has 108 valence electrons. The van der Waals surface area contributed by atoms with Crippen LogP contribution in [0, 0.1) is 10.1 Å². The number of pyridine rings is 1. The lowest BCUT2D eigenvalue weighted by Gasteiger charge is -2.18. The van der Waals surface area contributed by atoms with Crippen molar-refractivity contribution in [3.8, 4) is 0 Å². The molecule has 6 heteroatoms. The first kappa shape index (κ1) is 13.9. The van der Waals surface area contributed by atoms with Crippen molar-refractivity contribution >= 4 is 23.1 Å². The summed E-state index contributed by atoms with van der Waals surface area (Å²) in [6.45, 7) is 2.16. The molecule has 1 aliphatic heterocycles. The molecular formula is C15H15N3O2S. The normalized spacial score (nSPS) is 14.4. The van der Waals surface area contributed by atoms with E-state index in [0.717, 1.165) is 18.0 Å². The summed E-state index contributed by atoms with van der Waals surface area (Å²) in [5, 5.41) is 11.5. The molecule has 1 fully saturated rings. The number of nitro groups is 1. The molecule has 0 bridgehead atoms. The zero-order chi connectivity index (χ0) is 14.7. The highest BCUT2D eigenvalue weighted by Gasteiger charge is 2.17. The van der Waals surface area contributed by atoms with E-state index in [0.29, 0.717) is 5.03 Å². The number of rotatable bonds is 4. The number of nitrogens with zero attached hydrogens (tertiary/aromatic N) is 3. The lowest BCUT2D eigenvalue weighted by atomic mass is 10.3. The van der Waals surface area contributed by atoms with Crippen LogP contribution < -0.4 is 4.90 Å². The van der Waals surface area contributed by atoms with E-state index < -0.39 is 0 Å². The summed E-state index contributed by atoms with van der Waals surface area (Å²) in [5.41, 5.74) is 1.23. The fourth-order valence-electron chi connectivity index (χ4n) is 2.43. The van der Waals surface area contributed by atoms with Crippen LogP contribution in [0.4, 0.5) is 11.4 Å². The van der Waals surface area contributed by atoms with Gasteiger partial charge in [-0.2, -0.15) is 0 Å². The van der Waals surface area contributed by atoms with Crippen molar-refractivity contribution < 1.29 is 4.92 Å². The van der Waals surface area contributed by atoms with Crippen LogP contribution in [-0.4, -0.2) is 23.0 Å². The Bertz CT molecular complexity index is 657. The predicted octanol–water partition coefficient (Wildman–Crippen LogP) is 3.74. The van der Waals surface area contributed by atoms with E-state index in [1.165, 1.54) is 36.4 Å². The van der Waals surface area contributed by atoms with Crippen molar-refractivity contribution in [1.82, 2.24) is 4.98 Å². The molecule has 5 nitrogen and oxygen atoms in total. The van der Waals surface area contributed by atoms with E-state index in [2.05, 4.69) is 22.0 Å². The van der Waals surface area contributed by atoms with Gasteiger partial charge >= 0.3 is 5.69 Å². The van der Waals surface area contributed by atoms with Gasteiger partial charge in [0, 0.05) is 35.9 Å². The van der Waals surface area contributed by atoms with Crippen molar-refractivity contribution in [3.63, 3.8) is 0 Å². The van der Waals surface area contributed by atoms with Crippen LogP contribution in [0.25, 0.3) is 0 Å². The third kappa shape index (κ3) is 3.16. The van der Waals surface area contributed by atoms with Gasteiger partial charge in [0.25, 0.3) is 0 Å². The van der Waals surface area contributed by atoms with Crippen molar-refractivity contribution in [1.29, 1.82) is 0 Å². The maximum Gasteiger partial charge on any atom is 0.301 e. The lowest BCUT2D eigenvalue weighted by molar-refractivity contribution is -0.388. The van der Waals surface area contributed by atoms with Gasteiger partial charge in [-0.25, -0.2) is 4.98 Å². The van der Waals surface area contributed by atoms with Crippen LogP contribution in [0.3, 0.4) is 0 Å². The van der Waals surface area contributed by atoms with E-state index in [9.17, 15) is 10.1 Å². The average Bonchev–Trinajstić information content (AvgIpc) is 3.02. The second-order valence-electron chi connectivity index (χ2n) is 4.88. The molecule has 0 radical (unpaired) electrons. The van der Waals surface area contributed by atoms with Gasteiger partial charge < -0.3 is 4.90 Å². The summed E-state index contributed by atoms with van der Waals surface area (Å²) in [6, 6.07) is 11.2. The Morgan fingerprint density at radius 3 is 2.76 bits per heavy atom. The van der Waals surface area contributed by atoms with Crippen molar-refractivity contribution in [2.75, 3.05) is 18.0 Å². The van der Waals surface area contributed by atoms with Gasteiger partial charge in [-0.3, -0.25) is 10.1 Å². The van der Waals surface area contributed by atoms with Gasteiger partial charge in [0.2, 0.25) is 0 Å². The summed E-state index contributed by atoms with van der Waals surface area (Å²) >= 11 is 1.34. The molecule has 21 heavy (non-hydrogen) atoms. The van der Waals surface area contributed by atoms with Crippen LogP contribution in [0.1, 0.15) is 12.8 Å². The maximum atomic E-state index is 11.0. The first-order valence-electron chi connectivity index (χ1n) is 6.86. The highest BCUT2D eigenvalue weighted by Crippen LogP contribution is 2.34. The zero-order valence-corrected chi connectivity index (χ0v) is 12.3. The van der Waals surface area contributed by atoms with Gasteiger partial charge in [-0.15, -0.1) is 0 Å². The second kappa shape index (κ2) is 6.13. The second-order valence-corrected chi connectivity index (χ2v) is 5.94. The minimum absolute atomic E-state index is 0.0501. The Hall–Kier alpha value is -2.08. The fourth-order valence-corrected chi connectivity index (χ4v) is 3.34. The molecule has 1 aromatic heterocycles. The van der Waals surface area contributed by atoms with Gasteiger partial charge in [0.05, 0.1) is 4.92 Å². The quantitative estimate of drug-likeness (QED) is 0.636. The molecule has 2 aromatic rings. The Labute approximate surface area is 127 Å². The van der Waals surface area contributed by atoms with Crippen LogP contribution in [0.5, 0.6) is 0 Å². The largest absolute Gasteiger partial charge is 0.372 e. The first-order chi connectivity index (χ1) is 10.2. The molecule has 0 aliphatic carbocycles. The summed E-state index contributed by atoms with van der Waals surface area (Å²) in [5.74, 6) is 0. The molecule has 0 atom stereocenters. The molecule has 3 rings (SSSR count). The average molecular weight is 301 g/mol. The smallest absolute Gasteiger partial charge is 0.301 e. The number of benzene rings is 1. The first-order valence-corrected chi connectivity index (χ1v) is 7.68. The van der Waals surface area contributed by atoms with E-state index in [4.69, 9.17) is 0 Å².